The molecule has 116 valence electrons. The Balaban J connectivity index is 1.31. The van der Waals surface area contributed by atoms with Crippen molar-refractivity contribution >= 4 is 0 Å². The van der Waals surface area contributed by atoms with Gasteiger partial charge in [-0.2, -0.15) is 0 Å². The molecular weight excluding hydrogens is 260 g/mol. The van der Waals surface area contributed by atoms with Gasteiger partial charge in [0.15, 0.2) is 0 Å². The van der Waals surface area contributed by atoms with Gasteiger partial charge in [0.05, 0.1) is 6.61 Å². The first kappa shape index (κ1) is 14.9. The van der Waals surface area contributed by atoms with Crippen molar-refractivity contribution in [1.29, 1.82) is 0 Å². The molecule has 0 atom stereocenters. The van der Waals surface area contributed by atoms with E-state index in [1.54, 1.807) is 0 Å². The van der Waals surface area contributed by atoms with E-state index in [9.17, 15) is 0 Å². The lowest BCUT2D eigenvalue weighted by Gasteiger charge is -2.30. The molecule has 1 fully saturated rings. The van der Waals surface area contributed by atoms with Crippen LogP contribution in [0.25, 0.3) is 0 Å². The maximum Gasteiger partial charge on any atom is 0.122 e. The van der Waals surface area contributed by atoms with Crippen molar-refractivity contribution in [2.24, 2.45) is 5.92 Å². The molecule has 1 saturated heterocycles. The van der Waals surface area contributed by atoms with Gasteiger partial charge in [-0.25, -0.2) is 0 Å². The van der Waals surface area contributed by atoms with Crippen LogP contribution in [0.15, 0.2) is 18.2 Å². The number of hydrogen-bond donors (Lipinski definition) is 1. The SMILES string of the molecule is CC1CCN(CCCNCc2ccc3c(c2)CCO3)CC1. The zero-order chi connectivity index (χ0) is 14.5. The van der Waals surface area contributed by atoms with Crippen molar-refractivity contribution in [2.75, 3.05) is 32.8 Å². The number of piperidine rings is 1. The molecule has 0 bridgehead atoms. The highest BCUT2D eigenvalue weighted by molar-refractivity contribution is 5.39. The van der Waals surface area contributed by atoms with E-state index in [0.29, 0.717) is 0 Å². The lowest BCUT2D eigenvalue weighted by Crippen LogP contribution is -2.34. The monoisotopic (exact) mass is 288 g/mol. The molecule has 2 aliphatic rings. The molecule has 0 radical (unpaired) electrons. The summed E-state index contributed by atoms with van der Waals surface area (Å²) in [6.45, 7) is 9.15. The maximum absolute atomic E-state index is 5.55. The molecule has 0 aromatic heterocycles. The average Bonchev–Trinajstić information content (AvgIpc) is 2.96. The van der Waals surface area contributed by atoms with Gasteiger partial charge in [-0.3, -0.25) is 0 Å². The van der Waals surface area contributed by atoms with Crippen LogP contribution in [0.1, 0.15) is 37.3 Å². The summed E-state index contributed by atoms with van der Waals surface area (Å²) in [5.74, 6) is 2.02. The molecule has 0 amide bonds. The molecule has 1 aromatic rings. The van der Waals surface area contributed by atoms with Gasteiger partial charge in [-0.05, 0) is 68.6 Å². The van der Waals surface area contributed by atoms with Crippen molar-refractivity contribution in [1.82, 2.24) is 10.2 Å². The van der Waals surface area contributed by atoms with Crippen molar-refractivity contribution in [3.05, 3.63) is 29.3 Å². The fourth-order valence-electron chi connectivity index (χ4n) is 3.30. The van der Waals surface area contributed by atoms with Crippen LogP contribution in [0, 0.1) is 5.92 Å². The molecule has 21 heavy (non-hydrogen) atoms. The Kier molecular flexibility index (Phi) is 5.15. The second-order valence-electron chi connectivity index (χ2n) is 6.60. The molecule has 1 aromatic carbocycles. The number of ether oxygens (including phenoxy) is 1. The van der Waals surface area contributed by atoms with Gasteiger partial charge in [0.2, 0.25) is 0 Å². The second kappa shape index (κ2) is 7.28. The first-order valence-corrected chi connectivity index (χ1v) is 8.49. The van der Waals surface area contributed by atoms with E-state index in [4.69, 9.17) is 4.74 Å². The third kappa shape index (κ3) is 4.21. The van der Waals surface area contributed by atoms with Gasteiger partial charge in [-0.15, -0.1) is 0 Å². The Labute approximate surface area is 128 Å². The predicted molar refractivity (Wildman–Crippen MR) is 86.8 cm³/mol. The molecule has 3 rings (SSSR count). The number of nitrogens with one attached hydrogen (secondary N) is 1. The molecule has 2 heterocycles. The van der Waals surface area contributed by atoms with E-state index in [-0.39, 0.29) is 0 Å². The molecule has 1 N–H and O–H groups in total. The van der Waals surface area contributed by atoms with E-state index in [1.807, 2.05) is 0 Å². The number of nitrogens with zero attached hydrogens (tertiary/aromatic N) is 1. The van der Waals surface area contributed by atoms with Gasteiger partial charge >= 0.3 is 0 Å². The number of likely N-dealkylation sites (tertiary alicyclic amines) is 1. The molecule has 3 nitrogen and oxygen atoms in total. The molecule has 0 spiro atoms. The van der Waals surface area contributed by atoms with E-state index in [1.165, 1.54) is 50.0 Å². The molecule has 0 aliphatic carbocycles. The Morgan fingerprint density at radius 3 is 3.00 bits per heavy atom. The van der Waals surface area contributed by atoms with Gasteiger partial charge in [0, 0.05) is 13.0 Å². The minimum Gasteiger partial charge on any atom is -0.493 e. The van der Waals surface area contributed by atoms with E-state index in [2.05, 4.69) is 35.3 Å². The maximum atomic E-state index is 5.55. The average molecular weight is 288 g/mol. The second-order valence-corrected chi connectivity index (χ2v) is 6.60. The Bertz CT molecular complexity index is 453. The summed E-state index contributed by atoms with van der Waals surface area (Å²) >= 11 is 0. The Morgan fingerprint density at radius 1 is 1.29 bits per heavy atom. The number of benzene rings is 1. The highest BCUT2D eigenvalue weighted by Gasteiger charge is 2.14. The number of fused-ring (bicyclic) bond motifs is 1. The third-order valence-electron chi connectivity index (χ3n) is 4.79. The quantitative estimate of drug-likeness (QED) is 0.815. The van der Waals surface area contributed by atoms with Crippen LogP contribution in [0.5, 0.6) is 5.75 Å². The van der Waals surface area contributed by atoms with Crippen molar-refractivity contribution in [2.45, 2.75) is 39.2 Å². The molecule has 0 saturated carbocycles. The van der Waals surface area contributed by atoms with Crippen LogP contribution in [0.4, 0.5) is 0 Å². The van der Waals surface area contributed by atoms with Gasteiger partial charge < -0.3 is 15.0 Å². The summed E-state index contributed by atoms with van der Waals surface area (Å²) in [4.78, 5) is 2.62. The van der Waals surface area contributed by atoms with Crippen LogP contribution >= 0.6 is 0 Å². The molecular formula is C18H28N2O. The van der Waals surface area contributed by atoms with Crippen LogP contribution < -0.4 is 10.1 Å². The van der Waals surface area contributed by atoms with Crippen molar-refractivity contribution < 1.29 is 4.74 Å². The standard InChI is InChI=1S/C18H28N2O/c1-15-5-10-20(11-6-15)9-2-8-19-14-16-3-4-18-17(13-16)7-12-21-18/h3-4,13,15,19H,2,5-12,14H2,1H3. The fraction of sp³-hybridized carbons (Fsp3) is 0.667. The minimum absolute atomic E-state index is 0.848. The summed E-state index contributed by atoms with van der Waals surface area (Å²) < 4.78 is 5.55. The molecule has 2 aliphatic heterocycles. The zero-order valence-electron chi connectivity index (χ0n) is 13.2. The summed E-state index contributed by atoms with van der Waals surface area (Å²) in [5, 5.41) is 3.57. The normalized spacial score (nSPS) is 19.5. The fourth-order valence-corrected chi connectivity index (χ4v) is 3.30. The van der Waals surface area contributed by atoms with Crippen molar-refractivity contribution in [3.63, 3.8) is 0 Å². The smallest absolute Gasteiger partial charge is 0.122 e. The lowest BCUT2D eigenvalue weighted by molar-refractivity contribution is 0.190. The summed E-state index contributed by atoms with van der Waals surface area (Å²) in [6, 6.07) is 6.60. The number of hydrogen-bond acceptors (Lipinski definition) is 3. The van der Waals surface area contributed by atoms with Gasteiger partial charge in [0.25, 0.3) is 0 Å². The van der Waals surface area contributed by atoms with Crippen LogP contribution in [-0.2, 0) is 13.0 Å². The topological polar surface area (TPSA) is 24.5 Å². The van der Waals surface area contributed by atoms with Crippen molar-refractivity contribution in [3.8, 4) is 5.75 Å². The first-order valence-electron chi connectivity index (χ1n) is 8.49. The summed E-state index contributed by atoms with van der Waals surface area (Å²) in [6.07, 6.45) is 5.08. The van der Waals surface area contributed by atoms with E-state index >= 15 is 0 Å². The highest BCUT2D eigenvalue weighted by Crippen LogP contribution is 2.25. The van der Waals surface area contributed by atoms with E-state index < -0.39 is 0 Å². The molecule has 3 heteroatoms. The predicted octanol–water partition coefficient (Wildman–Crippen LogP) is 2.83. The Hall–Kier alpha value is -1.06. The van der Waals surface area contributed by atoms with Gasteiger partial charge in [-0.1, -0.05) is 19.1 Å². The summed E-state index contributed by atoms with van der Waals surface area (Å²) in [7, 11) is 0. The van der Waals surface area contributed by atoms with Gasteiger partial charge in [0.1, 0.15) is 5.75 Å². The van der Waals surface area contributed by atoms with Crippen LogP contribution in [0.2, 0.25) is 0 Å². The third-order valence-corrected chi connectivity index (χ3v) is 4.79. The highest BCUT2D eigenvalue weighted by atomic mass is 16.5. The lowest BCUT2D eigenvalue weighted by atomic mass is 9.99. The first-order chi connectivity index (χ1) is 10.3. The minimum atomic E-state index is 0.848. The van der Waals surface area contributed by atoms with Crippen LogP contribution in [-0.4, -0.2) is 37.7 Å². The van der Waals surface area contributed by atoms with E-state index in [0.717, 1.165) is 37.8 Å². The number of rotatable bonds is 6. The Morgan fingerprint density at radius 2 is 2.14 bits per heavy atom. The summed E-state index contributed by atoms with van der Waals surface area (Å²) in [5.41, 5.74) is 2.75. The van der Waals surface area contributed by atoms with Crippen LogP contribution in [0.3, 0.4) is 0 Å². The largest absolute Gasteiger partial charge is 0.493 e. The molecule has 0 unspecified atom stereocenters. The zero-order valence-corrected chi connectivity index (χ0v) is 13.2.